The summed E-state index contributed by atoms with van der Waals surface area (Å²) in [6, 6.07) is 3.26. The van der Waals surface area contributed by atoms with Crippen molar-refractivity contribution in [3.63, 3.8) is 0 Å². The first-order chi connectivity index (χ1) is 7.64. The van der Waals surface area contributed by atoms with Gasteiger partial charge in [0.15, 0.2) is 0 Å². The van der Waals surface area contributed by atoms with Crippen LogP contribution in [0.2, 0.25) is 0 Å². The summed E-state index contributed by atoms with van der Waals surface area (Å²) >= 11 is 3.12. The molecule has 0 atom stereocenters. The number of ether oxygens (including phenoxy) is 1. The Balaban J connectivity index is 2.52. The van der Waals surface area contributed by atoms with Crippen molar-refractivity contribution in [1.29, 1.82) is 0 Å². The van der Waals surface area contributed by atoms with Crippen molar-refractivity contribution in [3.8, 4) is 5.75 Å². The Labute approximate surface area is 100 Å². The molecule has 1 saturated carbocycles. The van der Waals surface area contributed by atoms with E-state index in [2.05, 4.69) is 20.9 Å². The Bertz CT molecular complexity index is 479. The van der Waals surface area contributed by atoms with E-state index in [0.717, 1.165) is 0 Å². The number of hydrogen-bond donors (Lipinski definition) is 0. The van der Waals surface area contributed by atoms with Crippen molar-refractivity contribution < 1.29 is 13.9 Å². The SMILES string of the molecule is COc1ccc(C2(N=C=O)CC2)c(F)c1Br. The van der Waals surface area contributed by atoms with Crippen LogP contribution in [-0.4, -0.2) is 13.2 Å². The molecule has 1 aliphatic rings. The Morgan fingerprint density at radius 2 is 2.25 bits per heavy atom. The molecule has 0 amide bonds. The zero-order valence-electron chi connectivity index (χ0n) is 8.59. The Morgan fingerprint density at radius 1 is 1.56 bits per heavy atom. The molecule has 1 aliphatic carbocycles. The van der Waals surface area contributed by atoms with Crippen molar-refractivity contribution in [2.24, 2.45) is 4.99 Å². The average Bonchev–Trinajstić information content (AvgIpc) is 3.03. The largest absolute Gasteiger partial charge is 0.495 e. The third-order valence-electron chi connectivity index (χ3n) is 2.75. The summed E-state index contributed by atoms with van der Waals surface area (Å²) in [5.41, 5.74) is -0.274. The van der Waals surface area contributed by atoms with Crippen molar-refractivity contribution in [2.45, 2.75) is 18.4 Å². The molecule has 0 spiro atoms. The second-order valence-corrected chi connectivity index (χ2v) is 4.47. The molecular weight excluding hydrogens is 277 g/mol. The molecule has 0 radical (unpaired) electrons. The predicted octanol–water partition coefficient (Wildman–Crippen LogP) is 2.92. The first-order valence-corrected chi connectivity index (χ1v) is 5.55. The van der Waals surface area contributed by atoms with Gasteiger partial charge in [-0.05, 0) is 40.9 Å². The minimum atomic E-state index is -0.694. The highest BCUT2D eigenvalue weighted by atomic mass is 79.9. The number of rotatable bonds is 3. The molecule has 2 rings (SSSR count). The maximum atomic E-state index is 14.0. The molecule has 0 unspecified atom stereocenters. The summed E-state index contributed by atoms with van der Waals surface area (Å²) in [7, 11) is 1.47. The predicted molar refractivity (Wildman–Crippen MR) is 59.7 cm³/mol. The lowest BCUT2D eigenvalue weighted by molar-refractivity contribution is 0.406. The smallest absolute Gasteiger partial charge is 0.235 e. The minimum Gasteiger partial charge on any atom is -0.495 e. The van der Waals surface area contributed by atoms with E-state index < -0.39 is 11.4 Å². The number of aliphatic imine (C=N–C) groups is 1. The van der Waals surface area contributed by atoms with Gasteiger partial charge in [0.25, 0.3) is 0 Å². The zero-order chi connectivity index (χ0) is 11.8. The van der Waals surface area contributed by atoms with Gasteiger partial charge in [0.2, 0.25) is 6.08 Å². The van der Waals surface area contributed by atoms with E-state index in [1.807, 2.05) is 0 Å². The van der Waals surface area contributed by atoms with Gasteiger partial charge in [-0.3, -0.25) is 0 Å². The van der Waals surface area contributed by atoms with Gasteiger partial charge in [0, 0.05) is 5.56 Å². The highest BCUT2D eigenvalue weighted by molar-refractivity contribution is 9.10. The Morgan fingerprint density at radius 3 is 2.75 bits per heavy atom. The summed E-state index contributed by atoms with van der Waals surface area (Å²) in [6.45, 7) is 0. The molecular formula is C11H9BrFNO2. The van der Waals surface area contributed by atoms with Crippen LogP contribution in [0.4, 0.5) is 4.39 Å². The minimum absolute atomic E-state index is 0.264. The van der Waals surface area contributed by atoms with Crippen LogP contribution in [0.1, 0.15) is 18.4 Å². The third kappa shape index (κ3) is 1.66. The molecule has 84 valence electrons. The summed E-state index contributed by atoms with van der Waals surface area (Å²) in [6.07, 6.45) is 2.86. The van der Waals surface area contributed by atoms with Gasteiger partial charge in [0.1, 0.15) is 17.1 Å². The van der Waals surface area contributed by atoms with Gasteiger partial charge in [-0.2, -0.15) is 4.99 Å². The van der Waals surface area contributed by atoms with Gasteiger partial charge in [-0.1, -0.05) is 0 Å². The van der Waals surface area contributed by atoms with Crippen molar-refractivity contribution in [1.82, 2.24) is 0 Å². The summed E-state index contributed by atoms with van der Waals surface area (Å²) in [4.78, 5) is 14.0. The molecule has 0 bridgehead atoms. The van der Waals surface area contributed by atoms with Crippen molar-refractivity contribution >= 4 is 22.0 Å². The molecule has 5 heteroatoms. The van der Waals surface area contributed by atoms with Crippen LogP contribution in [-0.2, 0) is 10.3 Å². The van der Waals surface area contributed by atoms with E-state index in [1.54, 1.807) is 12.1 Å². The van der Waals surface area contributed by atoms with Gasteiger partial charge in [-0.25, -0.2) is 9.18 Å². The topological polar surface area (TPSA) is 38.7 Å². The highest BCUT2D eigenvalue weighted by Crippen LogP contribution is 2.51. The lowest BCUT2D eigenvalue weighted by Crippen LogP contribution is -2.06. The standard InChI is InChI=1S/C11H9BrFNO2/c1-16-8-3-2-7(10(13)9(8)12)11(4-5-11)14-6-15/h2-3H,4-5H2,1H3. The zero-order valence-corrected chi connectivity index (χ0v) is 10.2. The van der Waals surface area contributed by atoms with E-state index >= 15 is 0 Å². The summed E-state index contributed by atoms with van der Waals surface area (Å²) in [5.74, 6) is 0.00276. The Kier molecular flexibility index (Phi) is 2.82. The molecule has 0 aliphatic heterocycles. The molecule has 0 saturated heterocycles. The number of methoxy groups -OCH3 is 1. The fourth-order valence-corrected chi connectivity index (χ4v) is 2.20. The second-order valence-electron chi connectivity index (χ2n) is 3.68. The molecule has 1 fully saturated rings. The number of carbonyl (C=O) groups excluding carboxylic acids is 1. The van der Waals surface area contributed by atoms with Gasteiger partial charge < -0.3 is 4.74 Å². The summed E-state index contributed by atoms with van der Waals surface area (Å²) < 4.78 is 19.2. The number of isocyanates is 1. The normalized spacial score (nSPS) is 16.4. The van der Waals surface area contributed by atoms with Crippen LogP contribution in [0.25, 0.3) is 0 Å². The molecule has 0 aromatic heterocycles. The van der Waals surface area contributed by atoms with Crippen molar-refractivity contribution in [3.05, 3.63) is 28.0 Å². The molecule has 0 heterocycles. The van der Waals surface area contributed by atoms with Crippen LogP contribution in [0, 0.1) is 5.82 Å². The van der Waals surface area contributed by atoms with E-state index in [4.69, 9.17) is 4.74 Å². The van der Waals surface area contributed by atoms with Gasteiger partial charge in [-0.15, -0.1) is 0 Å². The average molecular weight is 286 g/mol. The summed E-state index contributed by atoms with van der Waals surface area (Å²) in [5, 5.41) is 0. The molecule has 1 aromatic rings. The quantitative estimate of drug-likeness (QED) is 0.633. The molecule has 0 N–H and O–H groups in total. The number of halogens is 2. The van der Waals surface area contributed by atoms with Crippen LogP contribution >= 0.6 is 15.9 Å². The first-order valence-electron chi connectivity index (χ1n) is 4.76. The second kappa shape index (κ2) is 4.00. The lowest BCUT2D eigenvalue weighted by atomic mass is 10.0. The third-order valence-corrected chi connectivity index (χ3v) is 3.49. The maximum Gasteiger partial charge on any atom is 0.235 e. The van der Waals surface area contributed by atoms with Crippen LogP contribution in [0.5, 0.6) is 5.75 Å². The first kappa shape index (κ1) is 11.3. The van der Waals surface area contributed by atoms with E-state index in [0.29, 0.717) is 24.2 Å². The monoisotopic (exact) mass is 285 g/mol. The lowest BCUT2D eigenvalue weighted by Gasteiger charge is -2.12. The van der Waals surface area contributed by atoms with Gasteiger partial charge in [0.05, 0.1) is 11.6 Å². The molecule has 1 aromatic carbocycles. The van der Waals surface area contributed by atoms with Crippen LogP contribution < -0.4 is 4.74 Å². The fraction of sp³-hybridized carbons (Fsp3) is 0.364. The fourth-order valence-electron chi connectivity index (χ4n) is 1.70. The maximum absolute atomic E-state index is 14.0. The van der Waals surface area contributed by atoms with E-state index in [1.165, 1.54) is 13.2 Å². The van der Waals surface area contributed by atoms with Crippen LogP contribution in [0.3, 0.4) is 0 Å². The number of nitrogens with zero attached hydrogens (tertiary/aromatic N) is 1. The number of hydrogen-bond acceptors (Lipinski definition) is 3. The Hall–Kier alpha value is -1.19. The van der Waals surface area contributed by atoms with Crippen molar-refractivity contribution in [2.75, 3.05) is 7.11 Å². The van der Waals surface area contributed by atoms with E-state index in [9.17, 15) is 9.18 Å². The number of benzene rings is 1. The van der Waals surface area contributed by atoms with E-state index in [-0.39, 0.29) is 4.47 Å². The van der Waals surface area contributed by atoms with Gasteiger partial charge >= 0.3 is 0 Å². The molecule has 16 heavy (non-hydrogen) atoms. The van der Waals surface area contributed by atoms with Crippen LogP contribution in [0.15, 0.2) is 21.6 Å². The highest BCUT2D eigenvalue weighted by Gasteiger charge is 2.47. The molecule has 3 nitrogen and oxygen atoms in total.